The van der Waals surface area contributed by atoms with Gasteiger partial charge in [-0.25, -0.2) is 4.98 Å². The predicted molar refractivity (Wildman–Crippen MR) is 77.4 cm³/mol. The van der Waals surface area contributed by atoms with Gasteiger partial charge in [-0.05, 0) is 36.4 Å². The van der Waals surface area contributed by atoms with E-state index in [9.17, 15) is 13.2 Å². The Labute approximate surface area is 132 Å². The first kappa shape index (κ1) is 15.3. The second-order valence-corrected chi connectivity index (χ2v) is 4.98. The van der Waals surface area contributed by atoms with Crippen molar-refractivity contribution in [1.82, 2.24) is 15.2 Å². The molecule has 0 aliphatic rings. The molecular weight excluding hydrogens is 333 g/mol. The van der Waals surface area contributed by atoms with Crippen molar-refractivity contribution in [2.75, 3.05) is 5.73 Å². The van der Waals surface area contributed by atoms with Crippen LogP contribution in [0.15, 0.2) is 40.8 Å². The lowest BCUT2D eigenvalue weighted by molar-refractivity contribution is -0.141. The van der Waals surface area contributed by atoms with Crippen LogP contribution in [0.3, 0.4) is 0 Å². The molecule has 3 aromatic rings. The normalized spacial score (nSPS) is 11.7. The summed E-state index contributed by atoms with van der Waals surface area (Å²) in [6.07, 6.45) is -4.57. The lowest BCUT2D eigenvalue weighted by atomic mass is 10.2. The van der Waals surface area contributed by atoms with Crippen molar-refractivity contribution in [1.29, 1.82) is 0 Å². The molecular formula is C14H8ClF3N4O. The third kappa shape index (κ3) is 3.11. The van der Waals surface area contributed by atoms with Gasteiger partial charge in [0.05, 0.1) is 5.56 Å². The maximum Gasteiger partial charge on any atom is 0.433 e. The second kappa shape index (κ2) is 5.54. The molecule has 0 bridgehead atoms. The summed E-state index contributed by atoms with van der Waals surface area (Å²) in [6, 6.07) is 8.59. The number of anilines is 1. The van der Waals surface area contributed by atoms with E-state index >= 15 is 0 Å². The van der Waals surface area contributed by atoms with Gasteiger partial charge in [-0.1, -0.05) is 11.6 Å². The summed E-state index contributed by atoms with van der Waals surface area (Å²) < 4.78 is 43.2. The highest BCUT2D eigenvalue weighted by atomic mass is 35.5. The van der Waals surface area contributed by atoms with Gasteiger partial charge in [0.1, 0.15) is 11.5 Å². The minimum atomic E-state index is -4.57. The number of rotatable bonds is 2. The number of aromatic nitrogens is 3. The standard InChI is InChI=1S/C14H8ClF3N4O/c15-8-3-1-7(2-4-8)12-21-22-13(23-12)9-5-6-10(14(16,17)18)20-11(9)19/h1-6H,(H2,19,20). The van der Waals surface area contributed by atoms with E-state index in [4.69, 9.17) is 21.8 Å². The van der Waals surface area contributed by atoms with Gasteiger partial charge in [0.2, 0.25) is 5.89 Å². The maximum absolute atomic E-state index is 12.6. The highest BCUT2D eigenvalue weighted by molar-refractivity contribution is 6.30. The zero-order valence-corrected chi connectivity index (χ0v) is 12.1. The minimum Gasteiger partial charge on any atom is -0.416 e. The third-order valence-electron chi connectivity index (χ3n) is 2.96. The van der Waals surface area contributed by atoms with E-state index in [2.05, 4.69) is 15.2 Å². The third-order valence-corrected chi connectivity index (χ3v) is 3.21. The van der Waals surface area contributed by atoms with Crippen LogP contribution in [0.25, 0.3) is 22.9 Å². The van der Waals surface area contributed by atoms with Crippen molar-refractivity contribution >= 4 is 17.4 Å². The minimum absolute atomic E-state index is 0.0197. The fraction of sp³-hybridized carbons (Fsp3) is 0.0714. The Hall–Kier alpha value is -2.61. The Kier molecular flexibility index (Phi) is 3.69. The van der Waals surface area contributed by atoms with Gasteiger partial charge in [-0.2, -0.15) is 13.2 Å². The summed E-state index contributed by atoms with van der Waals surface area (Å²) >= 11 is 5.79. The number of halogens is 4. The lowest BCUT2D eigenvalue weighted by Crippen LogP contribution is -2.09. The van der Waals surface area contributed by atoms with Crippen LogP contribution in [-0.4, -0.2) is 15.2 Å². The Morgan fingerprint density at radius 1 is 0.957 bits per heavy atom. The fourth-order valence-corrected chi connectivity index (χ4v) is 1.98. The molecule has 23 heavy (non-hydrogen) atoms. The number of hydrogen-bond donors (Lipinski definition) is 1. The number of pyridine rings is 1. The zero-order chi connectivity index (χ0) is 16.6. The van der Waals surface area contributed by atoms with Gasteiger partial charge in [0.15, 0.2) is 0 Å². The molecule has 2 heterocycles. The summed E-state index contributed by atoms with van der Waals surface area (Å²) in [7, 11) is 0. The summed E-state index contributed by atoms with van der Waals surface area (Å²) in [5.74, 6) is -0.171. The molecule has 2 aromatic heterocycles. The quantitative estimate of drug-likeness (QED) is 0.761. The summed E-state index contributed by atoms with van der Waals surface area (Å²) in [5, 5.41) is 8.17. The summed E-state index contributed by atoms with van der Waals surface area (Å²) in [5.41, 5.74) is 5.22. The van der Waals surface area contributed by atoms with Gasteiger partial charge in [-0.15, -0.1) is 10.2 Å². The number of nitrogens with two attached hydrogens (primary N) is 1. The molecule has 3 rings (SSSR count). The molecule has 0 saturated heterocycles. The molecule has 0 spiro atoms. The summed E-state index contributed by atoms with van der Waals surface area (Å²) in [6.45, 7) is 0. The number of benzene rings is 1. The van der Waals surface area contributed by atoms with E-state index in [1.807, 2.05) is 0 Å². The van der Waals surface area contributed by atoms with Crippen molar-refractivity contribution in [3.8, 4) is 22.9 Å². The molecule has 0 aliphatic carbocycles. The van der Waals surface area contributed by atoms with E-state index in [-0.39, 0.29) is 23.2 Å². The Morgan fingerprint density at radius 3 is 2.22 bits per heavy atom. The number of alkyl halides is 3. The topological polar surface area (TPSA) is 77.8 Å². The highest BCUT2D eigenvalue weighted by Gasteiger charge is 2.33. The van der Waals surface area contributed by atoms with Crippen LogP contribution in [-0.2, 0) is 6.18 Å². The molecule has 0 unspecified atom stereocenters. The van der Waals surface area contributed by atoms with E-state index < -0.39 is 11.9 Å². The van der Waals surface area contributed by atoms with Crippen molar-refractivity contribution < 1.29 is 17.6 Å². The first-order chi connectivity index (χ1) is 10.8. The summed E-state index contributed by atoms with van der Waals surface area (Å²) in [4.78, 5) is 3.32. The van der Waals surface area contributed by atoms with Crippen molar-refractivity contribution in [2.45, 2.75) is 6.18 Å². The molecule has 5 nitrogen and oxygen atoms in total. The largest absolute Gasteiger partial charge is 0.433 e. The molecule has 2 N–H and O–H groups in total. The van der Waals surface area contributed by atoms with E-state index in [1.165, 1.54) is 0 Å². The molecule has 0 fully saturated rings. The number of nitrogen functional groups attached to an aromatic ring is 1. The molecule has 0 saturated carbocycles. The van der Waals surface area contributed by atoms with Crippen LogP contribution in [0.5, 0.6) is 0 Å². The van der Waals surface area contributed by atoms with Gasteiger partial charge in [-0.3, -0.25) is 0 Å². The van der Waals surface area contributed by atoms with Crippen LogP contribution < -0.4 is 5.73 Å². The van der Waals surface area contributed by atoms with Crippen molar-refractivity contribution in [3.05, 3.63) is 47.1 Å². The van der Waals surface area contributed by atoms with Crippen LogP contribution in [0.1, 0.15) is 5.69 Å². The van der Waals surface area contributed by atoms with Gasteiger partial charge >= 0.3 is 6.18 Å². The van der Waals surface area contributed by atoms with Crippen LogP contribution >= 0.6 is 11.6 Å². The van der Waals surface area contributed by atoms with E-state index in [0.29, 0.717) is 10.6 Å². The van der Waals surface area contributed by atoms with Gasteiger partial charge in [0.25, 0.3) is 5.89 Å². The number of nitrogens with zero attached hydrogens (tertiary/aromatic N) is 3. The molecule has 0 atom stereocenters. The number of hydrogen-bond acceptors (Lipinski definition) is 5. The lowest BCUT2D eigenvalue weighted by Gasteiger charge is -2.07. The average molecular weight is 341 g/mol. The second-order valence-electron chi connectivity index (χ2n) is 4.55. The molecule has 0 radical (unpaired) electrons. The highest BCUT2D eigenvalue weighted by Crippen LogP contribution is 2.32. The molecule has 0 amide bonds. The van der Waals surface area contributed by atoms with Crippen LogP contribution in [0.4, 0.5) is 19.0 Å². The average Bonchev–Trinajstić information content (AvgIpc) is 2.96. The first-order valence-corrected chi connectivity index (χ1v) is 6.66. The van der Waals surface area contributed by atoms with Gasteiger partial charge < -0.3 is 10.2 Å². The Balaban J connectivity index is 1.96. The smallest absolute Gasteiger partial charge is 0.416 e. The zero-order valence-electron chi connectivity index (χ0n) is 11.3. The van der Waals surface area contributed by atoms with Crippen LogP contribution in [0.2, 0.25) is 5.02 Å². The molecule has 0 aliphatic heterocycles. The predicted octanol–water partition coefficient (Wildman–Crippen LogP) is 4.05. The first-order valence-electron chi connectivity index (χ1n) is 6.28. The SMILES string of the molecule is Nc1nc(C(F)(F)F)ccc1-c1nnc(-c2ccc(Cl)cc2)o1. The van der Waals surface area contributed by atoms with Gasteiger partial charge in [0, 0.05) is 10.6 Å². The monoisotopic (exact) mass is 340 g/mol. The molecule has 9 heteroatoms. The molecule has 118 valence electrons. The fourth-order valence-electron chi connectivity index (χ4n) is 1.85. The van der Waals surface area contributed by atoms with Crippen LogP contribution in [0, 0.1) is 0 Å². The van der Waals surface area contributed by atoms with E-state index in [1.54, 1.807) is 24.3 Å². The van der Waals surface area contributed by atoms with E-state index in [0.717, 1.165) is 12.1 Å². The van der Waals surface area contributed by atoms with Crippen molar-refractivity contribution in [3.63, 3.8) is 0 Å². The Bertz CT molecular complexity index is 846. The Morgan fingerprint density at radius 2 is 1.61 bits per heavy atom. The molecule has 1 aromatic carbocycles. The van der Waals surface area contributed by atoms with Crippen molar-refractivity contribution in [2.24, 2.45) is 0 Å². The maximum atomic E-state index is 12.6.